The van der Waals surface area contributed by atoms with Crippen molar-refractivity contribution in [1.29, 1.82) is 0 Å². The van der Waals surface area contributed by atoms with Gasteiger partial charge in [0, 0.05) is 25.5 Å². The van der Waals surface area contributed by atoms with Gasteiger partial charge >= 0.3 is 5.97 Å². The van der Waals surface area contributed by atoms with Crippen molar-refractivity contribution in [2.24, 2.45) is 5.92 Å². The van der Waals surface area contributed by atoms with Crippen LogP contribution in [-0.4, -0.2) is 23.8 Å². The molecule has 0 amide bonds. The predicted octanol–water partition coefficient (Wildman–Crippen LogP) is 5.56. The molecule has 150 valence electrons. The van der Waals surface area contributed by atoms with Gasteiger partial charge in [-0.1, -0.05) is 63.5 Å². The van der Waals surface area contributed by atoms with Crippen LogP contribution in [0.1, 0.15) is 81.8 Å². The molecule has 1 saturated carbocycles. The van der Waals surface area contributed by atoms with E-state index in [0.29, 0.717) is 18.8 Å². The molecular weight excluding hydrogens is 336 g/mol. The molecule has 3 heteroatoms. The third-order valence-corrected chi connectivity index (χ3v) is 5.88. The van der Waals surface area contributed by atoms with Crippen molar-refractivity contribution >= 4 is 5.97 Å². The highest BCUT2D eigenvalue weighted by molar-refractivity contribution is 5.81. The summed E-state index contributed by atoms with van der Waals surface area (Å²) in [6.07, 6.45) is 12.8. The van der Waals surface area contributed by atoms with Gasteiger partial charge in [0.05, 0.1) is 0 Å². The lowest BCUT2D eigenvalue weighted by Gasteiger charge is -2.29. The first-order valence-electron chi connectivity index (χ1n) is 10.7. The zero-order valence-electron chi connectivity index (χ0n) is 16.9. The predicted molar refractivity (Wildman–Crippen MR) is 111 cm³/mol. The first-order valence-corrected chi connectivity index (χ1v) is 10.7. The molecule has 0 aliphatic heterocycles. The molecule has 1 aromatic carbocycles. The highest BCUT2D eigenvalue weighted by Gasteiger charge is 2.22. The van der Waals surface area contributed by atoms with E-state index in [0.717, 1.165) is 11.5 Å². The SMILES string of the molecule is C=CC(=O)OC(CCO)Cc1ccc(C2CCC(CCCCC)CC2)cc1. The van der Waals surface area contributed by atoms with Crippen LogP contribution < -0.4 is 0 Å². The molecule has 1 aromatic rings. The zero-order valence-corrected chi connectivity index (χ0v) is 16.9. The standard InChI is InChI=1S/C24H36O3/c1-3-5-6-7-19-8-12-21(13-9-19)22-14-10-20(11-15-22)18-23(16-17-25)27-24(26)4-2/h4,10-11,14-15,19,21,23,25H,2-3,5-9,12-13,16-18H2,1H3. The van der Waals surface area contributed by atoms with Gasteiger partial charge in [-0.05, 0) is 48.6 Å². The van der Waals surface area contributed by atoms with Gasteiger partial charge < -0.3 is 9.84 Å². The van der Waals surface area contributed by atoms with Crippen LogP contribution in [0.15, 0.2) is 36.9 Å². The van der Waals surface area contributed by atoms with Crippen molar-refractivity contribution in [3.63, 3.8) is 0 Å². The highest BCUT2D eigenvalue weighted by Crippen LogP contribution is 2.37. The van der Waals surface area contributed by atoms with E-state index in [1.165, 1.54) is 63.0 Å². The normalized spacial score (nSPS) is 20.8. The van der Waals surface area contributed by atoms with Crippen LogP contribution in [-0.2, 0) is 16.0 Å². The van der Waals surface area contributed by atoms with Crippen LogP contribution in [0, 0.1) is 5.92 Å². The molecule has 0 aromatic heterocycles. The number of ether oxygens (including phenoxy) is 1. The summed E-state index contributed by atoms with van der Waals surface area (Å²) in [6.45, 7) is 5.72. The Morgan fingerprint density at radius 3 is 2.52 bits per heavy atom. The van der Waals surface area contributed by atoms with Crippen molar-refractivity contribution in [2.75, 3.05) is 6.61 Å². The number of benzene rings is 1. The van der Waals surface area contributed by atoms with Gasteiger partial charge in [0.2, 0.25) is 0 Å². The smallest absolute Gasteiger partial charge is 0.330 e. The number of aliphatic hydroxyl groups excluding tert-OH is 1. The quantitative estimate of drug-likeness (QED) is 0.314. The molecule has 0 saturated heterocycles. The van der Waals surface area contributed by atoms with Crippen molar-refractivity contribution in [3.8, 4) is 0 Å². The third kappa shape index (κ3) is 7.50. The monoisotopic (exact) mass is 372 g/mol. The van der Waals surface area contributed by atoms with Gasteiger partial charge in [0.1, 0.15) is 6.10 Å². The Hall–Kier alpha value is -1.61. The molecule has 1 unspecified atom stereocenters. The number of rotatable bonds is 11. The summed E-state index contributed by atoms with van der Waals surface area (Å²) in [6, 6.07) is 8.77. The Morgan fingerprint density at radius 1 is 1.22 bits per heavy atom. The minimum Gasteiger partial charge on any atom is -0.459 e. The number of aliphatic hydroxyl groups is 1. The molecule has 1 aliphatic carbocycles. The van der Waals surface area contributed by atoms with Crippen LogP contribution in [0.4, 0.5) is 0 Å². The second-order valence-electron chi connectivity index (χ2n) is 7.93. The minimum atomic E-state index is -0.430. The second-order valence-corrected chi connectivity index (χ2v) is 7.93. The van der Waals surface area contributed by atoms with Gasteiger partial charge in [-0.15, -0.1) is 0 Å². The molecule has 27 heavy (non-hydrogen) atoms. The molecule has 2 rings (SSSR count). The van der Waals surface area contributed by atoms with Gasteiger partial charge in [-0.3, -0.25) is 0 Å². The Balaban J connectivity index is 1.84. The molecule has 3 nitrogen and oxygen atoms in total. The Bertz CT molecular complexity index is 555. The molecule has 0 heterocycles. The minimum absolute atomic E-state index is 0.00860. The van der Waals surface area contributed by atoms with E-state index in [1.54, 1.807) is 0 Å². The summed E-state index contributed by atoms with van der Waals surface area (Å²) >= 11 is 0. The molecule has 0 spiro atoms. The molecule has 1 fully saturated rings. The molecule has 0 bridgehead atoms. The Kier molecular flexibility index (Phi) is 9.61. The summed E-state index contributed by atoms with van der Waals surface area (Å²) in [4.78, 5) is 11.4. The lowest BCUT2D eigenvalue weighted by Crippen LogP contribution is -2.21. The molecule has 1 atom stereocenters. The first kappa shape index (κ1) is 21.7. The largest absolute Gasteiger partial charge is 0.459 e. The summed E-state index contributed by atoms with van der Waals surface area (Å²) < 4.78 is 5.33. The summed E-state index contributed by atoms with van der Waals surface area (Å²) in [5, 5.41) is 9.19. The lowest BCUT2D eigenvalue weighted by molar-refractivity contribution is -0.143. The van der Waals surface area contributed by atoms with Crippen LogP contribution >= 0.6 is 0 Å². The maximum Gasteiger partial charge on any atom is 0.330 e. The molecule has 1 N–H and O–H groups in total. The zero-order chi connectivity index (χ0) is 19.5. The van der Waals surface area contributed by atoms with E-state index in [1.807, 2.05) is 0 Å². The average molecular weight is 373 g/mol. The van der Waals surface area contributed by atoms with Crippen molar-refractivity contribution < 1.29 is 14.6 Å². The fraction of sp³-hybridized carbons (Fsp3) is 0.625. The number of esters is 1. The van der Waals surface area contributed by atoms with E-state index in [2.05, 4.69) is 37.8 Å². The maximum atomic E-state index is 11.4. The number of unbranched alkanes of at least 4 members (excludes halogenated alkanes) is 2. The Morgan fingerprint density at radius 2 is 1.93 bits per heavy atom. The maximum absolute atomic E-state index is 11.4. The van der Waals surface area contributed by atoms with Gasteiger partial charge in [-0.2, -0.15) is 0 Å². The second kappa shape index (κ2) is 12.0. The molecule has 0 radical (unpaired) electrons. The number of hydrogen-bond donors (Lipinski definition) is 1. The first-order chi connectivity index (χ1) is 13.2. The van der Waals surface area contributed by atoms with Gasteiger partial charge in [-0.25, -0.2) is 4.79 Å². The highest BCUT2D eigenvalue weighted by atomic mass is 16.5. The lowest BCUT2D eigenvalue weighted by atomic mass is 9.77. The Labute approximate surface area is 164 Å². The summed E-state index contributed by atoms with van der Waals surface area (Å²) in [5.74, 6) is 1.19. The van der Waals surface area contributed by atoms with Crippen molar-refractivity contribution in [1.82, 2.24) is 0 Å². The topological polar surface area (TPSA) is 46.5 Å². The number of carbonyl (C=O) groups excluding carboxylic acids is 1. The number of hydrogen-bond acceptors (Lipinski definition) is 3. The fourth-order valence-electron chi connectivity index (χ4n) is 4.22. The number of carbonyl (C=O) groups is 1. The van der Waals surface area contributed by atoms with E-state index in [9.17, 15) is 9.90 Å². The van der Waals surface area contributed by atoms with Crippen LogP contribution in [0.25, 0.3) is 0 Å². The third-order valence-electron chi connectivity index (χ3n) is 5.88. The van der Waals surface area contributed by atoms with Crippen LogP contribution in [0.5, 0.6) is 0 Å². The van der Waals surface area contributed by atoms with E-state index >= 15 is 0 Å². The van der Waals surface area contributed by atoms with Crippen molar-refractivity contribution in [3.05, 3.63) is 48.0 Å². The van der Waals surface area contributed by atoms with E-state index in [-0.39, 0.29) is 12.7 Å². The van der Waals surface area contributed by atoms with Crippen LogP contribution in [0.2, 0.25) is 0 Å². The fourth-order valence-corrected chi connectivity index (χ4v) is 4.22. The van der Waals surface area contributed by atoms with Crippen molar-refractivity contribution in [2.45, 2.75) is 83.2 Å². The average Bonchev–Trinajstić information content (AvgIpc) is 2.69. The summed E-state index contributed by atoms with van der Waals surface area (Å²) in [5.41, 5.74) is 2.58. The van der Waals surface area contributed by atoms with E-state index < -0.39 is 5.97 Å². The van der Waals surface area contributed by atoms with E-state index in [4.69, 9.17) is 4.74 Å². The van der Waals surface area contributed by atoms with Gasteiger partial charge in [0.25, 0.3) is 0 Å². The molecular formula is C24H36O3. The van der Waals surface area contributed by atoms with Gasteiger partial charge in [0.15, 0.2) is 0 Å². The summed E-state index contributed by atoms with van der Waals surface area (Å²) in [7, 11) is 0. The van der Waals surface area contributed by atoms with Crippen LogP contribution in [0.3, 0.4) is 0 Å². The molecule has 1 aliphatic rings.